The Hall–Kier alpha value is -1.92. The first-order valence-electron chi connectivity index (χ1n) is 10.1. The van der Waals surface area contributed by atoms with E-state index < -0.39 is 0 Å². The van der Waals surface area contributed by atoms with Gasteiger partial charge < -0.3 is 10.2 Å². The molecule has 0 spiro atoms. The summed E-state index contributed by atoms with van der Waals surface area (Å²) in [5, 5.41) is 3.04. The van der Waals surface area contributed by atoms with Crippen LogP contribution >= 0.6 is 0 Å². The van der Waals surface area contributed by atoms with Gasteiger partial charge in [-0.15, -0.1) is 0 Å². The Morgan fingerprint density at radius 3 is 2.19 bits per heavy atom. The van der Waals surface area contributed by atoms with Crippen LogP contribution in [0.4, 0.5) is 0 Å². The second kappa shape index (κ2) is 9.33. The molecule has 3 rings (SSSR count). The van der Waals surface area contributed by atoms with Crippen molar-refractivity contribution >= 4 is 11.8 Å². The van der Waals surface area contributed by atoms with E-state index in [0.717, 1.165) is 44.6 Å². The zero-order valence-electron chi connectivity index (χ0n) is 16.6. The smallest absolute Gasteiger partial charge is 0.237 e. The fraction of sp³-hybridized carbons (Fsp3) is 0.619. The molecular formula is C21H32N4O2. The van der Waals surface area contributed by atoms with Crippen LogP contribution in [-0.4, -0.2) is 77.9 Å². The molecule has 0 aromatic heterocycles. The molecule has 27 heavy (non-hydrogen) atoms. The molecule has 1 saturated heterocycles. The normalized spacial score (nSPS) is 18.5. The molecule has 1 saturated carbocycles. The van der Waals surface area contributed by atoms with E-state index in [1.54, 1.807) is 0 Å². The lowest BCUT2D eigenvalue weighted by atomic mass is 10.2. The van der Waals surface area contributed by atoms with E-state index in [1.165, 1.54) is 0 Å². The van der Waals surface area contributed by atoms with Gasteiger partial charge in [0, 0.05) is 44.8 Å². The van der Waals surface area contributed by atoms with Crippen molar-refractivity contribution in [3.05, 3.63) is 35.9 Å². The molecule has 6 heteroatoms. The maximum Gasteiger partial charge on any atom is 0.237 e. The summed E-state index contributed by atoms with van der Waals surface area (Å²) in [6, 6.07) is 10.7. The highest BCUT2D eigenvalue weighted by Crippen LogP contribution is 2.18. The molecule has 1 aliphatic carbocycles. The summed E-state index contributed by atoms with van der Waals surface area (Å²) in [7, 11) is 0. The molecule has 0 atom stereocenters. The Kier molecular flexibility index (Phi) is 6.85. The third-order valence-electron chi connectivity index (χ3n) is 5.27. The SMILES string of the molecule is CC(C)N(Cc1ccccc1)C(=O)CN1CCN(CC(=O)NC2CC2)CC1. The lowest BCUT2D eigenvalue weighted by Crippen LogP contribution is -2.52. The topological polar surface area (TPSA) is 55.9 Å². The lowest BCUT2D eigenvalue weighted by Gasteiger charge is -2.36. The van der Waals surface area contributed by atoms with Gasteiger partial charge in [-0.3, -0.25) is 19.4 Å². The van der Waals surface area contributed by atoms with Gasteiger partial charge in [-0.25, -0.2) is 0 Å². The van der Waals surface area contributed by atoms with Crippen LogP contribution in [0, 0.1) is 0 Å². The van der Waals surface area contributed by atoms with Gasteiger partial charge in [-0.05, 0) is 32.3 Å². The predicted molar refractivity (Wildman–Crippen MR) is 106 cm³/mol. The van der Waals surface area contributed by atoms with Gasteiger partial charge in [0.2, 0.25) is 11.8 Å². The summed E-state index contributed by atoms with van der Waals surface area (Å²) in [5.74, 6) is 0.310. The van der Waals surface area contributed by atoms with E-state index in [9.17, 15) is 9.59 Å². The Balaban J connectivity index is 1.43. The molecule has 0 unspecified atom stereocenters. The fourth-order valence-corrected chi connectivity index (χ4v) is 3.43. The van der Waals surface area contributed by atoms with Gasteiger partial charge in [0.25, 0.3) is 0 Å². The first-order chi connectivity index (χ1) is 13.0. The predicted octanol–water partition coefficient (Wildman–Crippen LogP) is 1.32. The maximum atomic E-state index is 12.9. The van der Waals surface area contributed by atoms with Gasteiger partial charge in [-0.1, -0.05) is 30.3 Å². The largest absolute Gasteiger partial charge is 0.352 e. The minimum Gasteiger partial charge on any atom is -0.352 e. The summed E-state index contributed by atoms with van der Waals surface area (Å²) < 4.78 is 0. The Labute approximate surface area is 162 Å². The quantitative estimate of drug-likeness (QED) is 0.748. The summed E-state index contributed by atoms with van der Waals surface area (Å²) in [4.78, 5) is 31.1. The zero-order valence-corrected chi connectivity index (χ0v) is 16.6. The maximum absolute atomic E-state index is 12.9. The van der Waals surface area contributed by atoms with Gasteiger partial charge in [0.15, 0.2) is 0 Å². The van der Waals surface area contributed by atoms with Crippen molar-refractivity contribution in [3.63, 3.8) is 0 Å². The lowest BCUT2D eigenvalue weighted by molar-refractivity contribution is -0.135. The summed E-state index contributed by atoms with van der Waals surface area (Å²) >= 11 is 0. The number of carbonyl (C=O) groups excluding carboxylic acids is 2. The highest BCUT2D eigenvalue weighted by atomic mass is 16.2. The van der Waals surface area contributed by atoms with Gasteiger partial charge in [0.1, 0.15) is 0 Å². The van der Waals surface area contributed by atoms with Crippen LogP contribution in [0.5, 0.6) is 0 Å². The molecule has 2 amide bonds. The number of hydrogen-bond acceptors (Lipinski definition) is 4. The Morgan fingerprint density at radius 1 is 1.04 bits per heavy atom. The number of nitrogens with zero attached hydrogens (tertiary/aromatic N) is 3. The van der Waals surface area contributed by atoms with Gasteiger partial charge >= 0.3 is 0 Å². The molecule has 148 valence electrons. The average Bonchev–Trinajstić information content (AvgIpc) is 3.45. The molecule has 1 aromatic carbocycles. The highest BCUT2D eigenvalue weighted by Gasteiger charge is 2.26. The van der Waals surface area contributed by atoms with E-state index in [2.05, 4.69) is 41.1 Å². The molecule has 2 aliphatic rings. The van der Waals surface area contributed by atoms with E-state index in [0.29, 0.717) is 25.7 Å². The van der Waals surface area contributed by atoms with Crippen LogP contribution in [-0.2, 0) is 16.1 Å². The first-order valence-corrected chi connectivity index (χ1v) is 10.1. The zero-order chi connectivity index (χ0) is 19.2. The van der Waals surface area contributed by atoms with Crippen LogP contribution in [0.3, 0.4) is 0 Å². The molecule has 0 radical (unpaired) electrons. The number of benzene rings is 1. The number of rotatable bonds is 8. The van der Waals surface area contributed by atoms with Crippen LogP contribution in [0.25, 0.3) is 0 Å². The summed E-state index contributed by atoms with van der Waals surface area (Å²) in [6.45, 7) is 9.06. The molecule has 1 heterocycles. The highest BCUT2D eigenvalue weighted by molar-refractivity contribution is 5.79. The molecular weight excluding hydrogens is 340 g/mol. The van der Waals surface area contributed by atoms with Crippen LogP contribution in [0.2, 0.25) is 0 Å². The van der Waals surface area contributed by atoms with Crippen LogP contribution in [0.15, 0.2) is 30.3 Å². The third kappa shape index (κ3) is 6.33. The second-order valence-corrected chi connectivity index (χ2v) is 8.00. The molecule has 0 bridgehead atoms. The Bertz CT molecular complexity index is 622. The first kappa shape index (κ1) is 19.8. The molecule has 1 aromatic rings. The third-order valence-corrected chi connectivity index (χ3v) is 5.27. The van der Waals surface area contributed by atoms with Crippen molar-refractivity contribution in [2.24, 2.45) is 0 Å². The molecule has 6 nitrogen and oxygen atoms in total. The van der Waals surface area contributed by atoms with Crippen molar-refractivity contribution < 1.29 is 9.59 Å². The Morgan fingerprint density at radius 2 is 1.63 bits per heavy atom. The van der Waals surface area contributed by atoms with Crippen molar-refractivity contribution in [2.45, 2.75) is 45.3 Å². The van der Waals surface area contributed by atoms with Crippen molar-refractivity contribution in [2.75, 3.05) is 39.3 Å². The average molecular weight is 373 g/mol. The molecule has 2 fully saturated rings. The monoisotopic (exact) mass is 372 g/mol. The standard InChI is InChI=1S/C21H32N4O2/c1-17(2)25(14-18-6-4-3-5-7-18)21(27)16-24-12-10-23(11-13-24)15-20(26)22-19-8-9-19/h3-7,17,19H,8-16H2,1-2H3,(H,22,26). The van der Waals surface area contributed by atoms with E-state index >= 15 is 0 Å². The number of carbonyl (C=O) groups is 2. The minimum atomic E-state index is 0.135. The van der Waals surface area contributed by atoms with E-state index in [1.807, 2.05) is 23.1 Å². The second-order valence-electron chi connectivity index (χ2n) is 8.00. The van der Waals surface area contributed by atoms with E-state index in [-0.39, 0.29) is 17.9 Å². The number of amides is 2. The number of piperazine rings is 1. The van der Waals surface area contributed by atoms with Gasteiger partial charge in [-0.2, -0.15) is 0 Å². The van der Waals surface area contributed by atoms with Crippen LogP contribution < -0.4 is 5.32 Å². The summed E-state index contributed by atoms with van der Waals surface area (Å²) in [6.07, 6.45) is 2.24. The minimum absolute atomic E-state index is 0.135. The van der Waals surface area contributed by atoms with Crippen molar-refractivity contribution in [3.8, 4) is 0 Å². The fourth-order valence-electron chi connectivity index (χ4n) is 3.43. The van der Waals surface area contributed by atoms with Crippen molar-refractivity contribution in [1.82, 2.24) is 20.0 Å². The van der Waals surface area contributed by atoms with Gasteiger partial charge in [0.05, 0.1) is 13.1 Å². The molecule has 1 N–H and O–H groups in total. The van der Waals surface area contributed by atoms with Crippen molar-refractivity contribution in [1.29, 1.82) is 0 Å². The van der Waals surface area contributed by atoms with E-state index in [4.69, 9.17) is 0 Å². The molecule has 1 aliphatic heterocycles. The van der Waals surface area contributed by atoms with Crippen LogP contribution in [0.1, 0.15) is 32.3 Å². The number of hydrogen-bond donors (Lipinski definition) is 1. The summed E-state index contributed by atoms with van der Waals surface area (Å²) in [5.41, 5.74) is 1.16. The number of nitrogens with one attached hydrogen (secondary N) is 1.